The summed E-state index contributed by atoms with van der Waals surface area (Å²) in [5.41, 5.74) is 7.86. The Hall–Kier alpha value is -0.650. The van der Waals surface area contributed by atoms with Crippen LogP contribution in [0, 0.1) is 0 Å². The van der Waals surface area contributed by atoms with Crippen molar-refractivity contribution in [2.24, 2.45) is 5.73 Å². The summed E-state index contributed by atoms with van der Waals surface area (Å²) in [5, 5.41) is 0. The maximum Gasteiger partial charge on any atom is 0.106 e. The number of benzene rings is 1. The van der Waals surface area contributed by atoms with Crippen LogP contribution in [0.2, 0.25) is 0 Å². The first-order valence-electron chi connectivity index (χ1n) is 6.50. The predicted molar refractivity (Wildman–Crippen MR) is 89.0 cm³/mol. The predicted octanol–water partition coefficient (Wildman–Crippen LogP) is 2.61. The molecule has 0 aromatic heterocycles. The summed E-state index contributed by atoms with van der Waals surface area (Å²) in [6, 6.07) is 6.66. The lowest BCUT2D eigenvalue weighted by molar-refractivity contribution is 0.314. The Balaban J connectivity index is 2.20. The molecule has 5 heteroatoms. The van der Waals surface area contributed by atoms with Crippen LogP contribution in [0.3, 0.4) is 0 Å². The fourth-order valence-corrected chi connectivity index (χ4v) is 3.18. The molecule has 2 rings (SSSR count). The van der Waals surface area contributed by atoms with E-state index < -0.39 is 0 Å². The Kier molecular flexibility index (Phi) is 4.81. The van der Waals surface area contributed by atoms with E-state index in [1.54, 1.807) is 0 Å². The van der Waals surface area contributed by atoms with Gasteiger partial charge >= 0.3 is 0 Å². The number of nitrogens with zero attached hydrogens (tertiary/aromatic N) is 2. The minimum Gasteiger partial charge on any atom is -0.389 e. The lowest BCUT2D eigenvalue weighted by Crippen LogP contribution is -2.37. The number of likely N-dealkylation sites (tertiary alicyclic amines) is 1. The summed E-state index contributed by atoms with van der Waals surface area (Å²) in [6.07, 6.45) is 2.55. The topological polar surface area (TPSA) is 32.5 Å². The van der Waals surface area contributed by atoms with Crippen molar-refractivity contribution in [1.29, 1.82) is 0 Å². The van der Waals surface area contributed by atoms with Crippen molar-refractivity contribution in [1.82, 2.24) is 4.90 Å². The maximum atomic E-state index is 5.82. The van der Waals surface area contributed by atoms with Crippen LogP contribution in [-0.4, -0.2) is 43.1 Å². The van der Waals surface area contributed by atoms with Crippen LogP contribution < -0.4 is 10.6 Å². The summed E-state index contributed by atoms with van der Waals surface area (Å²) in [4.78, 5) is 5.13. The van der Waals surface area contributed by atoms with Crippen LogP contribution in [0.5, 0.6) is 0 Å². The highest BCUT2D eigenvalue weighted by atomic mass is 79.9. The zero-order valence-electron chi connectivity index (χ0n) is 11.4. The highest BCUT2D eigenvalue weighted by Gasteiger charge is 2.23. The Bertz CT molecular complexity index is 478. The number of hydrogen-bond acceptors (Lipinski definition) is 3. The standard InChI is InChI=1S/C14H20BrN3S/c1-17-7-3-4-11(17)9-18(2)13-8-10(15)5-6-12(13)14(16)19/h5-6,8,11H,3-4,7,9H2,1-2H3,(H2,16,19). The molecule has 1 aliphatic heterocycles. The summed E-state index contributed by atoms with van der Waals surface area (Å²) >= 11 is 8.66. The van der Waals surface area contributed by atoms with E-state index >= 15 is 0 Å². The molecule has 3 nitrogen and oxygen atoms in total. The van der Waals surface area contributed by atoms with Crippen LogP contribution in [0.15, 0.2) is 22.7 Å². The van der Waals surface area contributed by atoms with Gasteiger partial charge in [0.15, 0.2) is 0 Å². The molecule has 104 valence electrons. The molecular formula is C14H20BrN3S. The van der Waals surface area contributed by atoms with Crippen molar-refractivity contribution in [3.05, 3.63) is 28.2 Å². The van der Waals surface area contributed by atoms with Gasteiger partial charge in [0.2, 0.25) is 0 Å². The summed E-state index contributed by atoms with van der Waals surface area (Å²) < 4.78 is 1.05. The minimum atomic E-state index is 0.453. The van der Waals surface area contributed by atoms with Crippen LogP contribution in [0.1, 0.15) is 18.4 Å². The molecule has 0 bridgehead atoms. The monoisotopic (exact) mass is 341 g/mol. The van der Waals surface area contributed by atoms with Gasteiger partial charge in [-0.05, 0) is 44.6 Å². The summed E-state index contributed by atoms with van der Waals surface area (Å²) in [7, 11) is 4.30. The van der Waals surface area contributed by atoms with E-state index in [2.05, 4.69) is 45.9 Å². The molecule has 0 saturated carbocycles. The Labute approximate surface area is 128 Å². The highest BCUT2D eigenvalue weighted by Crippen LogP contribution is 2.26. The maximum absolute atomic E-state index is 5.82. The molecule has 0 amide bonds. The van der Waals surface area contributed by atoms with Gasteiger partial charge in [-0.1, -0.05) is 28.1 Å². The Morgan fingerprint density at radius 2 is 2.32 bits per heavy atom. The van der Waals surface area contributed by atoms with Gasteiger partial charge in [-0.15, -0.1) is 0 Å². The van der Waals surface area contributed by atoms with Crippen molar-refractivity contribution in [2.75, 3.05) is 32.1 Å². The second-order valence-corrected chi connectivity index (χ2v) is 6.54. The third-order valence-corrected chi connectivity index (χ3v) is 4.51. The molecule has 2 N–H and O–H groups in total. The number of anilines is 1. The second-order valence-electron chi connectivity index (χ2n) is 5.18. The van der Waals surface area contributed by atoms with Crippen LogP contribution in [-0.2, 0) is 0 Å². The first-order chi connectivity index (χ1) is 8.99. The summed E-state index contributed by atoms with van der Waals surface area (Å²) in [6.45, 7) is 2.20. The van der Waals surface area contributed by atoms with E-state index in [0.29, 0.717) is 11.0 Å². The first-order valence-corrected chi connectivity index (χ1v) is 7.70. The Morgan fingerprint density at radius 3 is 2.89 bits per heavy atom. The van der Waals surface area contributed by atoms with E-state index in [9.17, 15) is 0 Å². The molecule has 1 atom stereocenters. The minimum absolute atomic E-state index is 0.453. The number of rotatable bonds is 4. The van der Waals surface area contributed by atoms with Crippen molar-refractivity contribution >= 4 is 38.8 Å². The quantitative estimate of drug-likeness (QED) is 0.853. The lowest BCUT2D eigenvalue weighted by Gasteiger charge is -2.28. The van der Waals surface area contributed by atoms with Crippen LogP contribution in [0.4, 0.5) is 5.69 Å². The van der Waals surface area contributed by atoms with Crippen molar-refractivity contribution in [3.8, 4) is 0 Å². The molecule has 1 unspecified atom stereocenters. The van der Waals surface area contributed by atoms with E-state index in [-0.39, 0.29) is 0 Å². The average molecular weight is 342 g/mol. The molecule has 1 fully saturated rings. The van der Waals surface area contributed by atoms with E-state index in [4.69, 9.17) is 18.0 Å². The van der Waals surface area contributed by atoms with Gasteiger partial charge in [0.05, 0.1) is 0 Å². The van der Waals surface area contributed by atoms with Gasteiger partial charge < -0.3 is 15.5 Å². The second kappa shape index (κ2) is 6.20. The van der Waals surface area contributed by atoms with Gasteiger partial charge in [-0.2, -0.15) is 0 Å². The zero-order chi connectivity index (χ0) is 14.0. The van der Waals surface area contributed by atoms with Gasteiger partial charge in [0.25, 0.3) is 0 Å². The number of likely N-dealkylation sites (N-methyl/N-ethyl adjacent to an activating group) is 2. The van der Waals surface area contributed by atoms with Crippen molar-refractivity contribution < 1.29 is 0 Å². The normalized spacial score (nSPS) is 19.6. The van der Waals surface area contributed by atoms with Crippen LogP contribution >= 0.6 is 28.1 Å². The largest absolute Gasteiger partial charge is 0.389 e. The highest BCUT2D eigenvalue weighted by molar-refractivity contribution is 9.10. The number of hydrogen-bond donors (Lipinski definition) is 1. The molecule has 1 saturated heterocycles. The van der Waals surface area contributed by atoms with Gasteiger partial charge in [-0.3, -0.25) is 0 Å². The molecular weight excluding hydrogens is 322 g/mol. The van der Waals surface area contributed by atoms with E-state index in [0.717, 1.165) is 22.3 Å². The van der Waals surface area contributed by atoms with Gasteiger partial charge in [0.1, 0.15) is 4.99 Å². The zero-order valence-corrected chi connectivity index (χ0v) is 13.8. The first kappa shape index (κ1) is 14.8. The average Bonchev–Trinajstić information content (AvgIpc) is 2.74. The van der Waals surface area contributed by atoms with Crippen molar-refractivity contribution in [2.45, 2.75) is 18.9 Å². The number of nitrogens with two attached hydrogens (primary N) is 1. The third-order valence-electron chi connectivity index (χ3n) is 3.79. The fraction of sp³-hybridized carbons (Fsp3) is 0.500. The fourth-order valence-electron chi connectivity index (χ4n) is 2.65. The van der Waals surface area contributed by atoms with Crippen LogP contribution in [0.25, 0.3) is 0 Å². The Morgan fingerprint density at radius 1 is 1.58 bits per heavy atom. The number of thiocarbonyl (C=S) groups is 1. The number of halogens is 1. The van der Waals surface area contributed by atoms with Gasteiger partial charge in [0, 0.05) is 35.4 Å². The molecule has 0 radical (unpaired) electrons. The van der Waals surface area contributed by atoms with E-state index in [1.165, 1.54) is 19.4 Å². The lowest BCUT2D eigenvalue weighted by atomic mass is 10.1. The molecule has 1 aromatic carbocycles. The molecule has 1 aromatic rings. The molecule has 1 aliphatic rings. The third kappa shape index (κ3) is 3.46. The molecule has 1 heterocycles. The van der Waals surface area contributed by atoms with E-state index in [1.807, 2.05) is 12.1 Å². The smallest absolute Gasteiger partial charge is 0.106 e. The molecule has 0 spiro atoms. The molecule has 19 heavy (non-hydrogen) atoms. The SMILES string of the molecule is CN(CC1CCCN1C)c1cc(Br)ccc1C(N)=S. The van der Waals surface area contributed by atoms with Crippen molar-refractivity contribution in [3.63, 3.8) is 0 Å². The molecule has 0 aliphatic carbocycles. The van der Waals surface area contributed by atoms with Gasteiger partial charge in [-0.25, -0.2) is 0 Å². The summed E-state index contributed by atoms with van der Waals surface area (Å²) in [5.74, 6) is 0.